The SMILES string of the molecule is COCCNCCNS(=O)(=O)c1ccc(OCC(C)C)cc1.Cl. The molecule has 0 aliphatic rings. The van der Waals surface area contributed by atoms with Gasteiger partial charge in [0.15, 0.2) is 0 Å². The van der Waals surface area contributed by atoms with Crippen LogP contribution in [0.1, 0.15) is 13.8 Å². The van der Waals surface area contributed by atoms with Gasteiger partial charge in [0.1, 0.15) is 5.75 Å². The van der Waals surface area contributed by atoms with Gasteiger partial charge in [0.25, 0.3) is 0 Å². The lowest BCUT2D eigenvalue weighted by Gasteiger charge is -2.10. The number of hydrogen-bond donors (Lipinski definition) is 2. The Morgan fingerprint density at radius 2 is 1.74 bits per heavy atom. The molecule has 23 heavy (non-hydrogen) atoms. The zero-order valence-electron chi connectivity index (χ0n) is 13.9. The van der Waals surface area contributed by atoms with Crippen molar-refractivity contribution in [3.8, 4) is 5.75 Å². The van der Waals surface area contributed by atoms with E-state index in [0.717, 1.165) is 0 Å². The van der Waals surface area contributed by atoms with Crippen LogP contribution < -0.4 is 14.8 Å². The van der Waals surface area contributed by atoms with Crippen molar-refractivity contribution in [1.82, 2.24) is 10.0 Å². The maximum absolute atomic E-state index is 12.1. The minimum absolute atomic E-state index is 0. The lowest BCUT2D eigenvalue weighted by Crippen LogP contribution is -2.33. The molecule has 134 valence electrons. The molecule has 0 atom stereocenters. The van der Waals surface area contributed by atoms with E-state index in [-0.39, 0.29) is 17.3 Å². The average molecular weight is 367 g/mol. The second kappa shape index (κ2) is 11.6. The molecule has 2 N–H and O–H groups in total. The van der Waals surface area contributed by atoms with E-state index in [4.69, 9.17) is 9.47 Å². The van der Waals surface area contributed by atoms with E-state index in [2.05, 4.69) is 23.9 Å². The maximum Gasteiger partial charge on any atom is 0.240 e. The predicted octanol–water partition coefficient (Wildman–Crippen LogP) is 1.66. The highest BCUT2D eigenvalue weighted by atomic mass is 35.5. The second-order valence-electron chi connectivity index (χ2n) is 5.32. The van der Waals surface area contributed by atoms with Crippen molar-refractivity contribution in [1.29, 1.82) is 0 Å². The Kier molecular flexibility index (Phi) is 11.2. The molecular formula is C15H27ClN2O4S. The van der Waals surface area contributed by atoms with Crippen molar-refractivity contribution in [2.24, 2.45) is 5.92 Å². The number of methoxy groups -OCH3 is 1. The Bertz CT molecular complexity index is 521. The number of benzene rings is 1. The van der Waals surface area contributed by atoms with E-state index in [1.165, 1.54) is 0 Å². The molecule has 0 saturated carbocycles. The fourth-order valence-electron chi connectivity index (χ4n) is 1.63. The van der Waals surface area contributed by atoms with Crippen molar-refractivity contribution in [2.45, 2.75) is 18.7 Å². The first-order chi connectivity index (χ1) is 10.5. The van der Waals surface area contributed by atoms with Crippen LogP contribution in [0.25, 0.3) is 0 Å². The molecule has 0 spiro atoms. The largest absolute Gasteiger partial charge is 0.493 e. The highest BCUT2D eigenvalue weighted by Crippen LogP contribution is 2.16. The van der Waals surface area contributed by atoms with Gasteiger partial charge in [0.05, 0.1) is 18.1 Å². The summed E-state index contributed by atoms with van der Waals surface area (Å²) in [5.41, 5.74) is 0. The van der Waals surface area contributed by atoms with Gasteiger partial charge < -0.3 is 14.8 Å². The lowest BCUT2D eigenvalue weighted by atomic mass is 10.2. The van der Waals surface area contributed by atoms with Gasteiger partial charge in [-0.3, -0.25) is 0 Å². The molecule has 6 nitrogen and oxygen atoms in total. The zero-order chi connectivity index (χ0) is 16.4. The van der Waals surface area contributed by atoms with Gasteiger partial charge in [-0.2, -0.15) is 0 Å². The fraction of sp³-hybridized carbons (Fsp3) is 0.600. The molecule has 0 bridgehead atoms. The monoisotopic (exact) mass is 366 g/mol. The van der Waals surface area contributed by atoms with E-state index >= 15 is 0 Å². The molecule has 0 aromatic heterocycles. The average Bonchev–Trinajstić information content (AvgIpc) is 2.49. The molecule has 0 radical (unpaired) electrons. The number of halogens is 1. The van der Waals surface area contributed by atoms with E-state index in [1.54, 1.807) is 31.4 Å². The Labute approximate surface area is 145 Å². The van der Waals surface area contributed by atoms with E-state index in [9.17, 15) is 8.42 Å². The summed E-state index contributed by atoms with van der Waals surface area (Å²) < 4.78 is 37.2. The van der Waals surface area contributed by atoms with Gasteiger partial charge in [0.2, 0.25) is 10.0 Å². The van der Waals surface area contributed by atoms with Crippen LogP contribution in [0.4, 0.5) is 0 Å². The molecule has 1 aromatic rings. The van der Waals surface area contributed by atoms with Crippen LogP contribution in [-0.2, 0) is 14.8 Å². The van der Waals surface area contributed by atoms with Crippen LogP contribution in [0.3, 0.4) is 0 Å². The summed E-state index contributed by atoms with van der Waals surface area (Å²) >= 11 is 0. The summed E-state index contributed by atoms with van der Waals surface area (Å²) in [6.45, 7) is 6.91. The molecule has 0 unspecified atom stereocenters. The molecule has 0 saturated heterocycles. The molecule has 0 amide bonds. The van der Waals surface area contributed by atoms with Crippen LogP contribution in [-0.4, -0.2) is 48.4 Å². The van der Waals surface area contributed by atoms with Gasteiger partial charge in [-0.25, -0.2) is 13.1 Å². The van der Waals surface area contributed by atoms with Crippen LogP contribution in [0, 0.1) is 5.92 Å². The van der Waals surface area contributed by atoms with E-state index in [0.29, 0.717) is 44.5 Å². The molecule has 1 aromatic carbocycles. The Hall–Kier alpha value is -0.860. The summed E-state index contributed by atoms with van der Waals surface area (Å²) in [6, 6.07) is 6.45. The van der Waals surface area contributed by atoms with Gasteiger partial charge >= 0.3 is 0 Å². The summed E-state index contributed by atoms with van der Waals surface area (Å²) in [6.07, 6.45) is 0. The molecule has 8 heteroatoms. The predicted molar refractivity (Wildman–Crippen MR) is 94.0 cm³/mol. The van der Waals surface area contributed by atoms with Crippen LogP contribution in [0.2, 0.25) is 0 Å². The third-order valence-corrected chi connectivity index (χ3v) is 4.27. The molecule has 0 heterocycles. The van der Waals surface area contributed by atoms with Crippen molar-refractivity contribution >= 4 is 22.4 Å². The Balaban J connectivity index is 0.00000484. The summed E-state index contributed by atoms with van der Waals surface area (Å²) in [5, 5.41) is 3.07. The van der Waals surface area contributed by atoms with E-state index < -0.39 is 10.0 Å². The lowest BCUT2D eigenvalue weighted by molar-refractivity contribution is 0.199. The quantitative estimate of drug-likeness (QED) is 0.582. The third-order valence-electron chi connectivity index (χ3n) is 2.79. The first kappa shape index (κ1) is 22.1. The minimum Gasteiger partial charge on any atom is -0.493 e. The Morgan fingerprint density at radius 1 is 1.09 bits per heavy atom. The number of ether oxygens (including phenoxy) is 2. The summed E-state index contributed by atoms with van der Waals surface area (Å²) in [5.74, 6) is 1.10. The standard InChI is InChI=1S/C15H26N2O4S.ClH/c1-13(2)12-21-14-4-6-15(7-5-14)22(18,19)17-9-8-16-10-11-20-3;/h4-7,13,16-17H,8-12H2,1-3H3;1H. The van der Waals surface area contributed by atoms with Crippen molar-refractivity contribution in [2.75, 3.05) is 40.0 Å². The fourth-order valence-corrected chi connectivity index (χ4v) is 2.67. The minimum atomic E-state index is -3.48. The van der Waals surface area contributed by atoms with Crippen LogP contribution >= 0.6 is 12.4 Å². The molecule has 0 fully saturated rings. The van der Waals surface area contributed by atoms with Crippen LogP contribution in [0.5, 0.6) is 5.75 Å². The number of nitrogens with one attached hydrogen (secondary N) is 2. The van der Waals surface area contributed by atoms with E-state index in [1.807, 2.05) is 0 Å². The van der Waals surface area contributed by atoms with Crippen molar-refractivity contribution in [3.63, 3.8) is 0 Å². The first-order valence-corrected chi connectivity index (χ1v) is 8.86. The van der Waals surface area contributed by atoms with Crippen LogP contribution in [0.15, 0.2) is 29.2 Å². The molecule has 0 aliphatic heterocycles. The first-order valence-electron chi connectivity index (χ1n) is 7.38. The zero-order valence-corrected chi connectivity index (χ0v) is 15.5. The van der Waals surface area contributed by atoms with Crippen molar-refractivity contribution < 1.29 is 17.9 Å². The highest BCUT2D eigenvalue weighted by Gasteiger charge is 2.13. The Morgan fingerprint density at radius 3 is 2.30 bits per heavy atom. The van der Waals surface area contributed by atoms with Gasteiger partial charge in [-0.05, 0) is 30.2 Å². The third kappa shape index (κ3) is 9.12. The summed E-state index contributed by atoms with van der Waals surface area (Å²) in [4.78, 5) is 0.237. The number of sulfonamides is 1. The molecule has 0 aliphatic carbocycles. The molecule has 1 rings (SSSR count). The molecular weight excluding hydrogens is 340 g/mol. The van der Waals surface area contributed by atoms with Gasteiger partial charge in [0, 0.05) is 26.7 Å². The highest BCUT2D eigenvalue weighted by molar-refractivity contribution is 7.89. The number of rotatable bonds is 11. The van der Waals surface area contributed by atoms with Gasteiger partial charge in [-0.1, -0.05) is 13.8 Å². The number of hydrogen-bond acceptors (Lipinski definition) is 5. The smallest absolute Gasteiger partial charge is 0.240 e. The maximum atomic E-state index is 12.1. The van der Waals surface area contributed by atoms with Crippen molar-refractivity contribution in [3.05, 3.63) is 24.3 Å². The topological polar surface area (TPSA) is 76.7 Å². The normalized spacial score (nSPS) is 11.3. The summed E-state index contributed by atoms with van der Waals surface area (Å²) in [7, 11) is -1.85. The van der Waals surface area contributed by atoms with Gasteiger partial charge in [-0.15, -0.1) is 12.4 Å². The second-order valence-corrected chi connectivity index (χ2v) is 7.08.